The number of hydrazine groups is 1. The number of rotatable bonds is 5. The molecule has 1 aromatic heterocycles. The number of methoxy groups -OCH3 is 1. The molecule has 18 heavy (non-hydrogen) atoms. The van der Waals surface area contributed by atoms with E-state index in [0.717, 1.165) is 22.2 Å². The van der Waals surface area contributed by atoms with Gasteiger partial charge in [-0.05, 0) is 33.4 Å². The maximum absolute atomic E-state index is 5.68. The first-order chi connectivity index (χ1) is 8.76. The highest BCUT2D eigenvalue weighted by Gasteiger charge is 2.16. The lowest BCUT2D eigenvalue weighted by molar-refractivity contribution is 0.399. The third-order valence-corrected chi connectivity index (χ3v) is 4.74. The lowest BCUT2D eigenvalue weighted by Crippen LogP contribution is -2.29. The first kappa shape index (κ1) is 13.5. The quantitative estimate of drug-likeness (QED) is 0.654. The predicted octanol–water partition coefficient (Wildman–Crippen LogP) is 3.27. The molecule has 5 heteroatoms. The largest absolute Gasteiger partial charge is 0.496 e. The molecular weight excluding hydrogens is 312 g/mol. The molecule has 0 saturated heterocycles. The van der Waals surface area contributed by atoms with Crippen molar-refractivity contribution in [3.8, 4) is 5.75 Å². The van der Waals surface area contributed by atoms with E-state index in [1.54, 1.807) is 18.4 Å². The Labute approximate surface area is 119 Å². The van der Waals surface area contributed by atoms with Crippen LogP contribution in [0.2, 0.25) is 0 Å². The van der Waals surface area contributed by atoms with Gasteiger partial charge in [-0.2, -0.15) is 0 Å². The van der Waals surface area contributed by atoms with Crippen LogP contribution in [0, 0.1) is 0 Å². The Kier molecular flexibility index (Phi) is 4.77. The average Bonchev–Trinajstić information content (AvgIpc) is 2.81. The molecule has 1 heterocycles. The zero-order valence-corrected chi connectivity index (χ0v) is 12.4. The predicted molar refractivity (Wildman–Crippen MR) is 78.8 cm³/mol. The van der Waals surface area contributed by atoms with E-state index in [0.29, 0.717) is 0 Å². The highest BCUT2D eigenvalue weighted by molar-refractivity contribution is 9.10. The fourth-order valence-corrected chi connectivity index (χ4v) is 3.43. The van der Waals surface area contributed by atoms with Crippen molar-refractivity contribution < 1.29 is 4.74 Å². The van der Waals surface area contributed by atoms with Crippen LogP contribution in [0.3, 0.4) is 0 Å². The summed E-state index contributed by atoms with van der Waals surface area (Å²) in [7, 11) is 1.67. The molecule has 3 N–H and O–H groups in total. The van der Waals surface area contributed by atoms with Gasteiger partial charge >= 0.3 is 0 Å². The van der Waals surface area contributed by atoms with Crippen molar-refractivity contribution in [3.05, 3.63) is 50.6 Å². The summed E-state index contributed by atoms with van der Waals surface area (Å²) in [4.78, 5) is 1.27. The number of hydrogen-bond acceptors (Lipinski definition) is 4. The number of ether oxygens (including phenoxy) is 1. The van der Waals surface area contributed by atoms with Crippen molar-refractivity contribution >= 4 is 27.3 Å². The summed E-state index contributed by atoms with van der Waals surface area (Å²) >= 11 is 5.26. The van der Waals surface area contributed by atoms with E-state index in [4.69, 9.17) is 10.6 Å². The van der Waals surface area contributed by atoms with Gasteiger partial charge in [0.1, 0.15) is 5.75 Å². The van der Waals surface area contributed by atoms with Crippen molar-refractivity contribution in [2.45, 2.75) is 12.5 Å². The number of nitrogens with one attached hydrogen (secondary N) is 1. The highest BCUT2D eigenvalue weighted by Crippen LogP contribution is 2.31. The molecule has 0 bridgehead atoms. The normalized spacial score (nSPS) is 12.4. The SMILES string of the molecule is COc1ccccc1C(Cc1sccc1Br)NN. The highest BCUT2D eigenvalue weighted by atomic mass is 79.9. The van der Waals surface area contributed by atoms with Crippen molar-refractivity contribution in [2.75, 3.05) is 7.11 Å². The van der Waals surface area contributed by atoms with Gasteiger partial charge in [-0.25, -0.2) is 0 Å². The van der Waals surface area contributed by atoms with E-state index in [1.807, 2.05) is 24.3 Å². The number of hydrogen-bond donors (Lipinski definition) is 2. The molecule has 0 saturated carbocycles. The Morgan fingerprint density at radius 3 is 2.78 bits per heavy atom. The molecule has 0 aliphatic rings. The van der Waals surface area contributed by atoms with Gasteiger partial charge in [0.05, 0.1) is 13.2 Å². The van der Waals surface area contributed by atoms with E-state index < -0.39 is 0 Å². The number of halogens is 1. The molecule has 96 valence electrons. The number of nitrogens with two attached hydrogens (primary N) is 1. The molecule has 2 aromatic rings. The van der Waals surface area contributed by atoms with E-state index in [9.17, 15) is 0 Å². The van der Waals surface area contributed by atoms with E-state index >= 15 is 0 Å². The van der Waals surface area contributed by atoms with Crippen molar-refractivity contribution in [1.29, 1.82) is 0 Å². The van der Waals surface area contributed by atoms with Gasteiger partial charge in [0.2, 0.25) is 0 Å². The first-order valence-electron chi connectivity index (χ1n) is 5.57. The van der Waals surface area contributed by atoms with Crippen LogP contribution in [0.5, 0.6) is 5.75 Å². The fourth-order valence-electron chi connectivity index (χ4n) is 1.87. The lowest BCUT2D eigenvalue weighted by Gasteiger charge is -2.18. The van der Waals surface area contributed by atoms with Gasteiger partial charge in [0, 0.05) is 21.3 Å². The van der Waals surface area contributed by atoms with Crippen LogP contribution >= 0.6 is 27.3 Å². The number of benzene rings is 1. The van der Waals surface area contributed by atoms with Crippen molar-refractivity contribution in [1.82, 2.24) is 5.43 Å². The third-order valence-electron chi connectivity index (χ3n) is 2.80. The first-order valence-corrected chi connectivity index (χ1v) is 7.24. The molecule has 3 nitrogen and oxygen atoms in total. The second kappa shape index (κ2) is 6.33. The summed E-state index contributed by atoms with van der Waals surface area (Å²) in [5.74, 6) is 6.53. The van der Waals surface area contributed by atoms with Crippen LogP contribution in [0.4, 0.5) is 0 Å². The summed E-state index contributed by atoms with van der Waals surface area (Å²) < 4.78 is 6.50. The molecule has 0 radical (unpaired) electrons. The van der Waals surface area contributed by atoms with Gasteiger partial charge in [-0.1, -0.05) is 18.2 Å². The Hall–Kier alpha value is -0.880. The second-order valence-electron chi connectivity index (χ2n) is 3.86. The molecule has 1 atom stereocenters. The van der Waals surface area contributed by atoms with Gasteiger partial charge < -0.3 is 4.74 Å². The summed E-state index contributed by atoms with van der Waals surface area (Å²) in [5.41, 5.74) is 3.94. The zero-order chi connectivity index (χ0) is 13.0. The minimum Gasteiger partial charge on any atom is -0.496 e. The van der Waals surface area contributed by atoms with Crippen molar-refractivity contribution in [3.63, 3.8) is 0 Å². The molecule has 0 spiro atoms. The minimum atomic E-state index is 0.0381. The third kappa shape index (κ3) is 2.92. The van der Waals surface area contributed by atoms with Crippen LogP contribution < -0.4 is 16.0 Å². The van der Waals surface area contributed by atoms with Gasteiger partial charge in [-0.15, -0.1) is 11.3 Å². The maximum Gasteiger partial charge on any atom is 0.123 e. The standard InChI is InChI=1S/C13H15BrN2OS/c1-17-12-5-3-2-4-9(12)11(16-15)8-13-10(14)6-7-18-13/h2-7,11,16H,8,15H2,1H3. The van der Waals surface area contributed by atoms with E-state index in [-0.39, 0.29) is 6.04 Å². The minimum absolute atomic E-state index is 0.0381. The molecule has 1 aromatic carbocycles. The summed E-state index contributed by atoms with van der Waals surface area (Å²) in [5, 5.41) is 2.06. The molecule has 0 amide bonds. The molecule has 0 fully saturated rings. The summed E-state index contributed by atoms with van der Waals surface area (Å²) in [6.45, 7) is 0. The van der Waals surface area contributed by atoms with Crippen LogP contribution in [-0.2, 0) is 6.42 Å². The Morgan fingerprint density at radius 1 is 1.39 bits per heavy atom. The smallest absolute Gasteiger partial charge is 0.123 e. The van der Waals surface area contributed by atoms with Crippen LogP contribution in [0.15, 0.2) is 40.2 Å². The Morgan fingerprint density at radius 2 is 2.17 bits per heavy atom. The van der Waals surface area contributed by atoms with Crippen LogP contribution in [-0.4, -0.2) is 7.11 Å². The molecule has 0 aliphatic heterocycles. The fraction of sp³-hybridized carbons (Fsp3) is 0.231. The van der Waals surface area contributed by atoms with E-state index in [2.05, 4.69) is 32.8 Å². The molecule has 0 aliphatic carbocycles. The Balaban J connectivity index is 2.25. The van der Waals surface area contributed by atoms with Gasteiger partial charge in [-0.3, -0.25) is 11.3 Å². The van der Waals surface area contributed by atoms with E-state index in [1.165, 1.54) is 4.88 Å². The lowest BCUT2D eigenvalue weighted by atomic mass is 10.0. The average molecular weight is 327 g/mol. The molecule has 1 unspecified atom stereocenters. The molecule has 2 rings (SSSR count). The summed E-state index contributed by atoms with van der Waals surface area (Å²) in [6.07, 6.45) is 0.828. The zero-order valence-electron chi connectivity index (χ0n) is 10.0. The number of thiophene rings is 1. The topological polar surface area (TPSA) is 47.3 Å². The Bertz CT molecular complexity index is 515. The molecular formula is C13H15BrN2OS. The monoisotopic (exact) mass is 326 g/mol. The van der Waals surface area contributed by atoms with Gasteiger partial charge in [0.25, 0.3) is 0 Å². The van der Waals surface area contributed by atoms with Crippen LogP contribution in [0.1, 0.15) is 16.5 Å². The number of para-hydroxylation sites is 1. The summed E-state index contributed by atoms with van der Waals surface area (Å²) in [6, 6.07) is 10.0. The maximum atomic E-state index is 5.68. The van der Waals surface area contributed by atoms with Crippen molar-refractivity contribution in [2.24, 2.45) is 5.84 Å². The second-order valence-corrected chi connectivity index (χ2v) is 5.71. The van der Waals surface area contributed by atoms with Crippen LogP contribution in [0.25, 0.3) is 0 Å². The van der Waals surface area contributed by atoms with Gasteiger partial charge in [0.15, 0.2) is 0 Å².